The van der Waals surface area contributed by atoms with Crippen LogP contribution in [0.1, 0.15) is 17.5 Å². The molecule has 0 aliphatic heterocycles. The Balaban J connectivity index is 3.24. The van der Waals surface area contributed by atoms with Crippen LogP contribution in [0.25, 0.3) is 0 Å². The largest absolute Gasteiger partial charge is 0.416 e. The molecule has 4 nitrogen and oxygen atoms in total. The van der Waals surface area contributed by atoms with Crippen molar-refractivity contribution >= 4 is 27.2 Å². The summed E-state index contributed by atoms with van der Waals surface area (Å²) in [7, 11) is -2.76. The summed E-state index contributed by atoms with van der Waals surface area (Å²) in [5.41, 5.74) is 4.00. The zero-order valence-electron chi connectivity index (χ0n) is 11.4. The van der Waals surface area contributed by atoms with Crippen LogP contribution in [0.3, 0.4) is 0 Å². The van der Waals surface area contributed by atoms with E-state index in [1.807, 2.05) is 0 Å². The number of nitrogens with zero attached hydrogens (tertiary/aromatic N) is 1. The van der Waals surface area contributed by atoms with E-state index in [9.17, 15) is 21.6 Å². The molecular formula is C12H15F3N2O2S2. The maximum Gasteiger partial charge on any atom is 0.416 e. The molecule has 0 saturated heterocycles. The molecule has 2 N–H and O–H groups in total. The van der Waals surface area contributed by atoms with Crippen molar-refractivity contribution in [1.82, 2.24) is 4.31 Å². The van der Waals surface area contributed by atoms with Gasteiger partial charge in [-0.25, -0.2) is 12.7 Å². The van der Waals surface area contributed by atoms with Gasteiger partial charge < -0.3 is 5.73 Å². The molecule has 21 heavy (non-hydrogen) atoms. The molecule has 1 aromatic rings. The van der Waals surface area contributed by atoms with E-state index >= 15 is 0 Å². The fourth-order valence-corrected chi connectivity index (χ4v) is 3.26. The van der Waals surface area contributed by atoms with Gasteiger partial charge in [0.05, 0.1) is 15.4 Å². The molecule has 1 rings (SSSR count). The van der Waals surface area contributed by atoms with Crippen LogP contribution in [0, 0.1) is 6.92 Å². The Morgan fingerprint density at radius 1 is 1.38 bits per heavy atom. The number of halogens is 3. The number of benzene rings is 1. The molecule has 0 atom stereocenters. The monoisotopic (exact) mass is 340 g/mol. The zero-order valence-corrected chi connectivity index (χ0v) is 13.1. The van der Waals surface area contributed by atoms with Gasteiger partial charge in [0.25, 0.3) is 0 Å². The highest BCUT2D eigenvalue weighted by Crippen LogP contribution is 2.34. The third-order valence-electron chi connectivity index (χ3n) is 2.95. The van der Waals surface area contributed by atoms with E-state index in [0.717, 1.165) is 29.4 Å². The molecule has 1 aromatic carbocycles. The van der Waals surface area contributed by atoms with E-state index in [1.54, 1.807) is 0 Å². The van der Waals surface area contributed by atoms with E-state index in [0.29, 0.717) is 0 Å². The van der Waals surface area contributed by atoms with Crippen LogP contribution in [0.5, 0.6) is 0 Å². The van der Waals surface area contributed by atoms with Crippen molar-refractivity contribution in [2.75, 3.05) is 13.6 Å². The Bertz CT molecular complexity index is 642. The first-order chi connectivity index (χ1) is 9.48. The van der Waals surface area contributed by atoms with Gasteiger partial charge in [-0.3, -0.25) is 0 Å². The average Bonchev–Trinajstić information content (AvgIpc) is 2.34. The van der Waals surface area contributed by atoms with Crippen molar-refractivity contribution in [2.45, 2.75) is 24.4 Å². The summed E-state index contributed by atoms with van der Waals surface area (Å²) in [4.78, 5) is -0.236. The summed E-state index contributed by atoms with van der Waals surface area (Å²) >= 11 is 4.66. The Morgan fingerprint density at radius 2 is 1.95 bits per heavy atom. The quantitative estimate of drug-likeness (QED) is 0.836. The van der Waals surface area contributed by atoms with E-state index in [-0.39, 0.29) is 28.4 Å². The number of rotatable bonds is 5. The van der Waals surface area contributed by atoms with Gasteiger partial charge >= 0.3 is 6.18 Å². The van der Waals surface area contributed by atoms with Gasteiger partial charge in [0.15, 0.2) is 0 Å². The maximum absolute atomic E-state index is 12.8. The number of nitrogens with two attached hydrogens (primary N) is 1. The molecule has 0 aliphatic carbocycles. The molecule has 118 valence electrons. The smallest absolute Gasteiger partial charge is 0.393 e. The maximum atomic E-state index is 12.8. The molecule has 0 saturated carbocycles. The van der Waals surface area contributed by atoms with E-state index < -0.39 is 21.8 Å². The molecule has 0 unspecified atom stereocenters. The van der Waals surface area contributed by atoms with E-state index in [1.165, 1.54) is 7.05 Å². The summed E-state index contributed by atoms with van der Waals surface area (Å²) in [5.74, 6) is 0. The average molecular weight is 340 g/mol. The zero-order chi connectivity index (χ0) is 16.4. The highest BCUT2D eigenvalue weighted by Gasteiger charge is 2.35. The van der Waals surface area contributed by atoms with Gasteiger partial charge in [-0.1, -0.05) is 18.3 Å². The standard InChI is InChI=1S/C12H15F3N2O2S2/c1-8-9(12(13,14)15)4-3-5-10(8)21(18,19)17(2)7-6-11(16)20/h3-5H,6-7H2,1-2H3,(H2,16,20). The van der Waals surface area contributed by atoms with Gasteiger partial charge in [0.1, 0.15) is 0 Å². The van der Waals surface area contributed by atoms with Crippen LogP contribution < -0.4 is 5.73 Å². The van der Waals surface area contributed by atoms with Crippen molar-refractivity contribution in [3.8, 4) is 0 Å². The lowest BCUT2D eigenvalue weighted by molar-refractivity contribution is -0.138. The SMILES string of the molecule is Cc1c(C(F)(F)F)cccc1S(=O)(=O)N(C)CCC(N)=S. The Hall–Kier alpha value is -1.19. The predicted octanol–water partition coefficient (Wildman–Crippen LogP) is 2.31. The number of sulfonamides is 1. The normalized spacial score (nSPS) is 12.7. The first-order valence-electron chi connectivity index (χ1n) is 5.89. The van der Waals surface area contributed by atoms with Crippen LogP contribution >= 0.6 is 12.2 Å². The Labute approximate surface area is 126 Å². The third-order valence-corrected chi connectivity index (χ3v) is 5.16. The first kappa shape index (κ1) is 17.9. The predicted molar refractivity (Wildman–Crippen MR) is 77.4 cm³/mol. The lowest BCUT2D eigenvalue weighted by Gasteiger charge is -2.20. The Morgan fingerprint density at radius 3 is 2.43 bits per heavy atom. The summed E-state index contributed by atoms with van der Waals surface area (Å²) < 4.78 is 64.1. The minimum Gasteiger partial charge on any atom is -0.393 e. The highest BCUT2D eigenvalue weighted by atomic mass is 32.2. The van der Waals surface area contributed by atoms with Crippen LogP contribution in [0.4, 0.5) is 13.2 Å². The van der Waals surface area contributed by atoms with Crippen molar-refractivity contribution in [1.29, 1.82) is 0 Å². The topological polar surface area (TPSA) is 63.4 Å². The van der Waals surface area contributed by atoms with Crippen LogP contribution in [0.2, 0.25) is 0 Å². The second kappa shape index (κ2) is 6.29. The summed E-state index contributed by atoms with van der Waals surface area (Å²) in [6.07, 6.45) is -4.45. The molecule has 0 spiro atoms. The summed E-state index contributed by atoms with van der Waals surface area (Å²) in [6.45, 7) is 1.14. The van der Waals surface area contributed by atoms with Crippen molar-refractivity contribution in [3.63, 3.8) is 0 Å². The summed E-state index contributed by atoms with van der Waals surface area (Å²) in [6, 6.07) is 3.07. The number of alkyl halides is 3. The van der Waals surface area contributed by atoms with Gasteiger partial charge in [-0.05, 0) is 24.6 Å². The molecule has 0 radical (unpaired) electrons. The van der Waals surface area contributed by atoms with Gasteiger partial charge in [0.2, 0.25) is 10.0 Å². The van der Waals surface area contributed by atoms with Crippen LogP contribution in [0.15, 0.2) is 23.1 Å². The summed E-state index contributed by atoms with van der Waals surface area (Å²) in [5, 5.41) is 0. The van der Waals surface area contributed by atoms with Crippen molar-refractivity contribution < 1.29 is 21.6 Å². The molecule has 0 aliphatic rings. The minimum atomic E-state index is -4.60. The molecule has 0 fully saturated rings. The second-order valence-electron chi connectivity index (χ2n) is 4.47. The van der Waals surface area contributed by atoms with E-state index in [4.69, 9.17) is 5.73 Å². The van der Waals surface area contributed by atoms with E-state index in [2.05, 4.69) is 12.2 Å². The number of hydrogen-bond donors (Lipinski definition) is 1. The highest BCUT2D eigenvalue weighted by molar-refractivity contribution is 7.89. The lowest BCUT2D eigenvalue weighted by Crippen LogP contribution is -2.31. The second-order valence-corrected chi connectivity index (χ2v) is 7.01. The fraction of sp³-hybridized carbons (Fsp3) is 0.417. The minimum absolute atomic E-state index is 0.00729. The molecule has 0 aromatic heterocycles. The van der Waals surface area contributed by atoms with Crippen LogP contribution in [-0.2, 0) is 16.2 Å². The van der Waals surface area contributed by atoms with Crippen molar-refractivity contribution in [3.05, 3.63) is 29.3 Å². The van der Waals surface area contributed by atoms with Gasteiger partial charge in [-0.2, -0.15) is 13.2 Å². The number of thiocarbonyl (C=S) groups is 1. The number of hydrogen-bond acceptors (Lipinski definition) is 3. The third kappa shape index (κ3) is 4.14. The molecule has 0 bridgehead atoms. The first-order valence-corrected chi connectivity index (χ1v) is 7.74. The van der Waals surface area contributed by atoms with Crippen LogP contribution in [-0.4, -0.2) is 31.3 Å². The fourth-order valence-electron chi connectivity index (χ4n) is 1.76. The molecule has 0 heterocycles. The van der Waals surface area contributed by atoms with Crippen molar-refractivity contribution in [2.24, 2.45) is 5.73 Å². The lowest BCUT2D eigenvalue weighted by atomic mass is 10.1. The Kier molecular flexibility index (Phi) is 5.35. The molecule has 9 heteroatoms. The molecular weight excluding hydrogens is 325 g/mol. The van der Waals surface area contributed by atoms with Gasteiger partial charge in [-0.15, -0.1) is 0 Å². The molecule has 0 amide bonds. The van der Waals surface area contributed by atoms with Gasteiger partial charge in [0, 0.05) is 20.0 Å².